The van der Waals surface area contributed by atoms with Gasteiger partial charge in [0.05, 0.1) is 6.26 Å². The Morgan fingerprint density at radius 2 is 2.31 bits per heavy atom. The normalized spacial score (nSPS) is 10.8. The van der Waals surface area contributed by atoms with Crippen LogP contribution in [-0.2, 0) is 11.2 Å². The van der Waals surface area contributed by atoms with Crippen molar-refractivity contribution in [1.29, 1.82) is 0 Å². The summed E-state index contributed by atoms with van der Waals surface area (Å²) in [5.74, 6) is 1.06. The third kappa shape index (κ3) is 4.00. The van der Waals surface area contributed by atoms with E-state index in [4.69, 9.17) is 4.42 Å². The Labute approximate surface area is 105 Å². The molecule has 0 N–H and O–H groups in total. The monoisotopic (exact) mass is 287 g/mol. The second kappa shape index (κ2) is 6.74. The number of aryl methyl sites for hydroxylation is 1. The maximum Gasteiger partial charge on any atom is 0.223 e. The number of furan rings is 1. The second-order valence-electron chi connectivity index (χ2n) is 3.95. The molecule has 1 amide bonds. The quantitative estimate of drug-likeness (QED) is 0.754. The summed E-state index contributed by atoms with van der Waals surface area (Å²) in [4.78, 5) is 13.8. The van der Waals surface area contributed by atoms with E-state index in [9.17, 15) is 4.79 Å². The minimum absolute atomic E-state index is 0.186. The van der Waals surface area contributed by atoms with Gasteiger partial charge in [0, 0.05) is 30.8 Å². The van der Waals surface area contributed by atoms with Gasteiger partial charge in [0.25, 0.3) is 0 Å². The van der Waals surface area contributed by atoms with Crippen LogP contribution in [0.25, 0.3) is 0 Å². The van der Waals surface area contributed by atoms with Crippen molar-refractivity contribution in [2.75, 3.05) is 11.9 Å². The van der Waals surface area contributed by atoms with Crippen molar-refractivity contribution in [2.24, 2.45) is 0 Å². The molecule has 0 aliphatic heterocycles. The van der Waals surface area contributed by atoms with Crippen LogP contribution in [0.4, 0.5) is 0 Å². The van der Waals surface area contributed by atoms with Crippen LogP contribution in [0, 0.1) is 0 Å². The van der Waals surface area contributed by atoms with E-state index in [1.807, 2.05) is 30.9 Å². The molecule has 0 atom stereocenters. The average Bonchev–Trinajstić information content (AvgIpc) is 2.75. The number of carbonyl (C=O) groups is 1. The summed E-state index contributed by atoms with van der Waals surface area (Å²) in [6.45, 7) is 4.83. The van der Waals surface area contributed by atoms with Gasteiger partial charge >= 0.3 is 0 Å². The largest absolute Gasteiger partial charge is 0.469 e. The highest BCUT2D eigenvalue weighted by Crippen LogP contribution is 2.08. The highest BCUT2D eigenvalue weighted by Gasteiger charge is 2.16. The van der Waals surface area contributed by atoms with Gasteiger partial charge in [0.15, 0.2) is 0 Å². The molecule has 0 aliphatic rings. The van der Waals surface area contributed by atoms with Gasteiger partial charge in [-0.1, -0.05) is 15.9 Å². The van der Waals surface area contributed by atoms with Crippen LogP contribution in [0.5, 0.6) is 0 Å². The molecule has 4 heteroatoms. The Kier molecular flexibility index (Phi) is 5.60. The van der Waals surface area contributed by atoms with E-state index >= 15 is 0 Å². The zero-order valence-electron chi connectivity index (χ0n) is 9.78. The molecular formula is C12H18BrNO2. The molecule has 0 radical (unpaired) electrons. The minimum Gasteiger partial charge on any atom is -0.469 e. The molecule has 1 heterocycles. The fraction of sp³-hybridized carbons (Fsp3) is 0.583. The fourth-order valence-corrected chi connectivity index (χ4v) is 1.97. The molecule has 0 aromatic carbocycles. The van der Waals surface area contributed by atoms with E-state index in [1.165, 1.54) is 0 Å². The van der Waals surface area contributed by atoms with Crippen molar-refractivity contribution in [1.82, 2.24) is 4.90 Å². The molecule has 0 fully saturated rings. The number of hydrogen-bond donors (Lipinski definition) is 0. The molecule has 90 valence electrons. The van der Waals surface area contributed by atoms with E-state index < -0.39 is 0 Å². The van der Waals surface area contributed by atoms with Crippen molar-refractivity contribution < 1.29 is 9.21 Å². The predicted molar refractivity (Wildman–Crippen MR) is 67.7 cm³/mol. The maximum atomic E-state index is 11.9. The summed E-state index contributed by atoms with van der Waals surface area (Å²) in [7, 11) is 0. The number of hydrogen-bond acceptors (Lipinski definition) is 2. The summed E-state index contributed by atoms with van der Waals surface area (Å²) >= 11 is 3.36. The molecule has 1 aromatic rings. The molecule has 0 bridgehead atoms. The third-order valence-corrected chi connectivity index (χ3v) is 2.79. The van der Waals surface area contributed by atoms with Crippen molar-refractivity contribution in [3.8, 4) is 0 Å². The lowest BCUT2D eigenvalue weighted by Crippen LogP contribution is -2.38. The number of nitrogens with zero attached hydrogens (tertiary/aromatic N) is 1. The first-order chi connectivity index (χ1) is 7.65. The number of amides is 1. The van der Waals surface area contributed by atoms with E-state index in [2.05, 4.69) is 15.9 Å². The Balaban J connectivity index is 2.43. The van der Waals surface area contributed by atoms with Crippen LogP contribution in [0.2, 0.25) is 0 Å². The van der Waals surface area contributed by atoms with Gasteiger partial charge in [-0.3, -0.25) is 4.79 Å². The van der Waals surface area contributed by atoms with Gasteiger partial charge < -0.3 is 9.32 Å². The Hall–Kier alpha value is -0.770. The first-order valence-corrected chi connectivity index (χ1v) is 6.65. The Morgan fingerprint density at radius 1 is 1.56 bits per heavy atom. The fourth-order valence-electron chi connectivity index (χ4n) is 1.59. The molecular weight excluding hydrogens is 270 g/mol. The van der Waals surface area contributed by atoms with Gasteiger partial charge in [-0.25, -0.2) is 0 Å². The van der Waals surface area contributed by atoms with Crippen molar-refractivity contribution in [3.63, 3.8) is 0 Å². The number of halogens is 1. The predicted octanol–water partition coefficient (Wildman–Crippen LogP) is 2.84. The number of alkyl halides is 1. The molecule has 3 nitrogen and oxygen atoms in total. The standard InChI is InChI=1S/C12H18BrNO2/c1-10(2)14(8-7-13)12(15)6-5-11-4-3-9-16-11/h3-4,9-10H,5-8H2,1-2H3. The zero-order valence-corrected chi connectivity index (χ0v) is 11.4. The zero-order chi connectivity index (χ0) is 12.0. The second-order valence-corrected chi connectivity index (χ2v) is 4.74. The van der Waals surface area contributed by atoms with Gasteiger partial charge in [0.1, 0.15) is 5.76 Å². The molecule has 0 unspecified atom stereocenters. The lowest BCUT2D eigenvalue weighted by molar-refractivity contribution is -0.132. The average molecular weight is 288 g/mol. The van der Waals surface area contributed by atoms with E-state index in [0.29, 0.717) is 12.8 Å². The van der Waals surface area contributed by atoms with Gasteiger partial charge in [-0.15, -0.1) is 0 Å². The summed E-state index contributed by atoms with van der Waals surface area (Å²) in [6, 6.07) is 4.00. The summed E-state index contributed by atoms with van der Waals surface area (Å²) in [6.07, 6.45) is 2.83. The van der Waals surface area contributed by atoms with Crippen molar-refractivity contribution >= 4 is 21.8 Å². The topological polar surface area (TPSA) is 33.5 Å². The van der Waals surface area contributed by atoms with Crippen LogP contribution >= 0.6 is 15.9 Å². The number of rotatable bonds is 6. The SMILES string of the molecule is CC(C)N(CCBr)C(=O)CCc1ccco1. The van der Waals surface area contributed by atoms with Crippen molar-refractivity contribution in [3.05, 3.63) is 24.2 Å². The van der Waals surface area contributed by atoms with Crippen LogP contribution in [0.3, 0.4) is 0 Å². The molecule has 1 aromatic heterocycles. The Morgan fingerprint density at radius 3 is 2.81 bits per heavy atom. The minimum atomic E-state index is 0.186. The lowest BCUT2D eigenvalue weighted by atomic mass is 10.2. The van der Waals surface area contributed by atoms with Gasteiger partial charge in [0.2, 0.25) is 5.91 Å². The number of carbonyl (C=O) groups excluding carboxylic acids is 1. The van der Waals surface area contributed by atoms with E-state index in [1.54, 1.807) is 6.26 Å². The maximum absolute atomic E-state index is 11.9. The summed E-state index contributed by atoms with van der Waals surface area (Å²) < 4.78 is 5.20. The highest BCUT2D eigenvalue weighted by atomic mass is 79.9. The molecule has 0 spiro atoms. The smallest absolute Gasteiger partial charge is 0.223 e. The Bertz CT molecular complexity index is 309. The van der Waals surface area contributed by atoms with Crippen LogP contribution in [0.15, 0.2) is 22.8 Å². The highest BCUT2D eigenvalue weighted by molar-refractivity contribution is 9.09. The van der Waals surface area contributed by atoms with E-state index in [-0.39, 0.29) is 11.9 Å². The molecule has 0 aliphatic carbocycles. The van der Waals surface area contributed by atoms with Crippen LogP contribution in [-0.4, -0.2) is 28.7 Å². The van der Waals surface area contributed by atoms with Gasteiger partial charge in [-0.05, 0) is 26.0 Å². The third-order valence-electron chi connectivity index (χ3n) is 2.43. The van der Waals surface area contributed by atoms with Crippen molar-refractivity contribution in [2.45, 2.75) is 32.7 Å². The molecule has 16 heavy (non-hydrogen) atoms. The first kappa shape index (κ1) is 13.3. The van der Waals surface area contributed by atoms with Crippen LogP contribution in [0.1, 0.15) is 26.0 Å². The summed E-state index contributed by atoms with van der Waals surface area (Å²) in [5.41, 5.74) is 0. The molecule has 1 rings (SSSR count). The summed E-state index contributed by atoms with van der Waals surface area (Å²) in [5, 5.41) is 0.817. The van der Waals surface area contributed by atoms with E-state index in [0.717, 1.165) is 17.6 Å². The van der Waals surface area contributed by atoms with Gasteiger partial charge in [-0.2, -0.15) is 0 Å². The lowest BCUT2D eigenvalue weighted by Gasteiger charge is -2.25. The first-order valence-electron chi connectivity index (χ1n) is 5.53. The molecule has 0 saturated heterocycles. The van der Waals surface area contributed by atoms with Crippen LogP contribution < -0.4 is 0 Å². The molecule has 0 saturated carbocycles.